The van der Waals surface area contributed by atoms with Crippen LogP contribution >= 0.6 is 0 Å². The molecule has 0 saturated heterocycles. The summed E-state index contributed by atoms with van der Waals surface area (Å²) in [5.41, 5.74) is 5.31. The Labute approximate surface area is 202 Å². The number of benzene rings is 3. The number of H-pyrrole nitrogens is 1. The smallest absolute Gasteiger partial charge is 0.336 e. The van der Waals surface area contributed by atoms with Gasteiger partial charge in [0, 0.05) is 34.6 Å². The Kier molecular flexibility index (Phi) is 4.95. The van der Waals surface area contributed by atoms with Gasteiger partial charge in [-0.3, -0.25) is 0 Å². The van der Waals surface area contributed by atoms with Gasteiger partial charge < -0.3 is 9.40 Å². The molecule has 2 aromatic heterocycles. The Morgan fingerprint density at radius 1 is 0.914 bits per heavy atom. The second-order valence-electron chi connectivity index (χ2n) is 9.16. The Bertz CT molecular complexity index is 1770. The lowest BCUT2D eigenvalue weighted by Crippen LogP contribution is -2.40. The molecule has 0 amide bonds. The van der Waals surface area contributed by atoms with Crippen LogP contribution in [0.25, 0.3) is 21.9 Å². The molecule has 5 aromatic rings. The molecule has 6 nitrogen and oxygen atoms in total. The Morgan fingerprint density at radius 2 is 1.66 bits per heavy atom. The number of hydrogen-bond acceptors (Lipinski definition) is 4. The molecule has 1 aliphatic heterocycles. The average molecular weight is 485 g/mol. The van der Waals surface area contributed by atoms with Crippen molar-refractivity contribution in [3.8, 4) is 0 Å². The summed E-state index contributed by atoms with van der Waals surface area (Å²) in [6, 6.07) is 21.2. The highest BCUT2D eigenvalue weighted by Gasteiger charge is 2.40. The van der Waals surface area contributed by atoms with E-state index in [1.165, 1.54) is 10.4 Å². The molecule has 0 bridgehead atoms. The minimum atomic E-state index is -3.87. The van der Waals surface area contributed by atoms with Crippen molar-refractivity contribution in [2.45, 2.75) is 31.2 Å². The summed E-state index contributed by atoms with van der Waals surface area (Å²) in [4.78, 5) is 16.4. The fourth-order valence-corrected chi connectivity index (χ4v) is 6.73. The summed E-state index contributed by atoms with van der Waals surface area (Å²) in [7, 11) is -3.87. The molecule has 35 heavy (non-hydrogen) atoms. The molecule has 3 heterocycles. The SMILES string of the molecule is Cc1ccc(S(=O)(=O)N2CCc3c([nH]c4ccccc34)C2c2cc(=O)oc3cc(C)ccc23)cc1. The Hall–Kier alpha value is -3.68. The van der Waals surface area contributed by atoms with Crippen LogP contribution in [0.3, 0.4) is 0 Å². The monoisotopic (exact) mass is 484 g/mol. The molecule has 0 aliphatic carbocycles. The molecule has 3 aromatic carbocycles. The van der Waals surface area contributed by atoms with Gasteiger partial charge in [0.25, 0.3) is 0 Å². The summed E-state index contributed by atoms with van der Waals surface area (Å²) in [5.74, 6) is 0. The zero-order valence-electron chi connectivity index (χ0n) is 19.4. The molecule has 1 atom stereocenters. The first-order chi connectivity index (χ1) is 16.8. The number of hydrogen-bond donors (Lipinski definition) is 1. The van der Waals surface area contributed by atoms with E-state index in [1.807, 2.05) is 56.3 Å². The van der Waals surface area contributed by atoms with Crippen molar-refractivity contribution in [1.29, 1.82) is 0 Å². The van der Waals surface area contributed by atoms with Gasteiger partial charge in [0.1, 0.15) is 5.58 Å². The highest BCUT2D eigenvalue weighted by molar-refractivity contribution is 7.89. The van der Waals surface area contributed by atoms with Crippen LogP contribution in [-0.2, 0) is 16.4 Å². The minimum Gasteiger partial charge on any atom is -0.423 e. The summed E-state index contributed by atoms with van der Waals surface area (Å²) < 4.78 is 35.0. The second kappa shape index (κ2) is 7.93. The van der Waals surface area contributed by atoms with E-state index in [0.29, 0.717) is 24.1 Å². The molecule has 1 aliphatic rings. The zero-order valence-corrected chi connectivity index (χ0v) is 20.2. The van der Waals surface area contributed by atoms with Crippen LogP contribution < -0.4 is 5.63 Å². The van der Waals surface area contributed by atoms with E-state index in [2.05, 4.69) is 4.98 Å². The number of nitrogens with one attached hydrogen (secondary N) is 1. The molecule has 176 valence electrons. The van der Waals surface area contributed by atoms with Gasteiger partial charge in [-0.25, -0.2) is 13.2 Å². The first-order valence-corrected chi connectivity index (χ1v) is 13.0. The van der Waals surface area contributed by atoms with Crippen molar-refractivity contribution < 1.29 is 12.8 Å². The van der Waals surface area contributed by atoms with Crippen molar-refractivity contribution in [3.05, 3.63) is 111 Å². The van der Waals surface area contributed by atoms with Crippen LogP contribution in [0.15, 0.2) is 86.9 Å². The van der Waals surface area contributed by atoms with E-state index in [4.69, 9.17) is 4.42 Å². The van der Waals surface area contributed by atoms with E-state index in [9.17, 15) is 13.2 Å². The molecular weight excluding hydrogens is 460 g/mol. The van der Waals surface area contributed by atoms with E-state index < -0.39 is 21.7 Å². The number of rotatable bonds is 3. The lowest BCUT2D eigenvalue weighted by Gasteiger charge is -2.35. The predicted octanol–water partition coefficient (Wildman–Crippen LogP) is 5.23. The third-order valence-electron chi connectivity index (χ3n) is 6.84. The maximum Gasteiger partial charge on any atom is 0.336 e. The number of aromatic nitrogens is 1. The van der Waals surface area contributed by atoms with Gasteiger partial charge in [-0.05, 0) is 61.2 Å². The molecule has 1 N–H and O–H groups in total. The van der Waals surface area contributed by atoms with Gasteiger partial charge in [-0.15, -0.1) is 0 Å². The van der Waals surface area contributed by atoms with E-state index in [0.717, 1.165) is 38.7 Å². The molecular formula is C28H24N2O4S. The minimum absolute atomic E-state index is 0.232. The number of aryl methyl sites for hydroxylation is 2. The summed E-state index contributed by atoms with van der Waals surface area (Å²) >= 11 is 0. The van der Waals surface area contributed by atoms with Crippen LogP contribution in [0.1, 0.15) is 34.0 Å². The van der Waals surface area contributed by atoms with E-state index in [1.54, 1.807) is 24.3 Å². The molecule has 6 rings (SSSR count). The van der Waals surface area contributed by atoms with Gasteiger partial charge in [0.05, 0.1) is 10.9 Å². The molecule has 1 unspecified atom stereocenters. The fourth-order valence-electron chi connectivity index (χ4n) is 5.16. The maximum atomic E-state index is 14.0. The quantitative estimate of drug-likeness (QED) is 0.356. The predicted molar refractivity (Wildman–Crippen MR) is 136 cm³/mol. The third-order valence-corrected chi connectivity index (χ3v) is 8.72. The van der Waals surface area contributed by atoms with Gasteiger partial charge in [-0.2, -0.15) is 4.31 Å². The van der Waals surface area contributed by atoms with E-state index >= 15 is 0 Å². The zero-order chi connectivity index (χ0) is 24.3. The molecule has 0 saturated carbocycles. The van der Waals surface area contributed by atoms with Crippen molar-refractivity contribution >= 4 is 31.9 Å². The first kappa shape index (κ1) is 21.8. The summed E-state index contributed by atoms with van der Waals surface area (Å²) in [5, 5.41) is 1.79. The second-order valence-corrected chi connectivity index (χ2v) is 11.1. The van der Waals surface area contributed by atoms with Gasteiger partial charge in [-0.1, -0.05) is 48.0 Å². The third kappa shape index (κ3) is 3.50. The van der Waals surface area contributed by atoms with Crippen molar-refractivity contribution in [3.63, 3.8) is 0 Å². The lowest BCUT2D eigenvalue weighted by molar-refractivity contribution is 0.340. The van der Waals surface area contributed by atoms with E-state index in [-0.39, 0.29) is 4.90 Å². The lowest BCUT2D eigenvalue weighted by atomic mass is 9.92. The van der Waals surface area contributed by atoms with Crippen molar-refractivity contribution in [2.75, 3.05) is 6.54 Å². The highest BCUT2D eigenvalue weighted by atomic mass is 32.2. The number of aromatic amines is 1. The van der Waals surface area contributed by atoms with Gasteiger partial charge in [0.2, 0.25) is 10.0 Å². The Balaban J connectivity index is 1.65. The standard InChI is InChI=1S/C28H24N2O4S/c1-17-7-10-19(11-8-17)35(32,33)30-14-13-22-20-5-3-4-6-24(20)29-27(22)28(30)23-16-26(31)34-25-15-18(2)9-12-21(23)25/h3-12,15-16,28-29H,13-14H2,1-2H3. The van der Waals surface area contributed by atoms with Crippen molar-refractivity contribution in [1.82, 2.24) is 9.29 Å². The Morgan fingerprint density at radius 3 is 2.46 bits per heavy atom. The number of nitrogens with zero attached hydrogens (tertiary/aromatic N) is 1. The number of sulfonamides is 1. The molecule has 0 fully saturated rings. The van der Waals surface area contributed by atoms with Gasteiger partial charge >= 0.3 is 5.63 Å². The summed E-state index contributed by atoms with van der Waals surface area (Å²) in [6.07, 6.45) is 0.569. The number of para-hydroxylation sites is 1. The molecule has 0 radical (unpaired) electrons. The topological polar surface area (TPSA) is 83.4 Å². The fraction of sp³-hybridized carbons (Fsp3) is 0.179. The molecule has 7 heteroatoms. The first-order valence-electron chi connectivity index (χ1n) is 11.6. The maximum absolute atomic E-state index is 14.0. The van der Waals surface area contributed by atoms with Crippen LogP contribution in [-0.4, -0.2) is 24.3 Å². The van der Waals surface area contributed by atoms with Crippen molar-refractivity contribution in [2.24, 2.45) is 0 Å². The van der Waals surface area contributed by atoms with Crippen LogP contribution in [0, 0.1) is 13.8 Å². The van der Waals surface area contributed by atoms with Crippen LogP contribution in [0.5, 0.6) is 0 Å². The normalized spacial score (nSPS) is 16.6. The number of fused-ring (bicyclic) bond motifs is 4. The van der Waals surface area contributed by atoms with Crippen LogP contribution in [0.4, 0.5) is 0 Å². The highest BCUT2D eigenvalue weighted by Crippen LogP contribution is 2.42. The molecule has 0 spiro atoms. The summed E-state index contributed by atoms with van der Waals surface area (Å²) in [6.45, 7) is 4.15. The largest absolute Gasteiger partial charge is 0.423 e. The van der Waals surface area contributed by atoms with Gasteiger partial charge in [0.15, 0.2) is 0 Å². The van der Waals surface area contributed by atoms with Crippen LogP contribution in [0.2, 0.25) is 0 Å². The average Bonchev–Trinajstić information content (AvgIpc) is 3.22.